The van der Waals surface area contributed by atoms with E-state index in [0.717, 1.165) is 6.42 Å². The van der Waals surface area contributed by atoms with Gasteiger partial charge < -0.3 is 4.90 Å². The van der Waals surface area contributed by atoms with Crippen LogP contribution in [0.4, 0.5) is 17.1 Å². The number of rotatable bonds is 0. The Kier molecular flexibility index (Phi) is 2.65. The van der Waals surface area contributed by atoms with Crippen LogP contribution in [0.3, 0.4) is 0 Å². The lowest BCUT2D eigenvalue weighted by Gasteiger charge is -2.50. The van der Waals surface area contributed by atoms with Crippen LogP contribution in [0.15, 0.2) is 40.2 Å². The van der Waals surface area contributed by atoms with Crippen LogP contribution in [0.25, 0.3) is 0 Å². The molecule has 2 aromatic carbocycles. The molecule has 0 spiro atoms. The molecule has 0 saturated carbocycles. The van der Waals surface area contributed by atoms with E-state index in [-0.39, 0.29) is 10.8 Å². The Hall–Kier alpha value is -1.58. The van der Waals surface area contributed by atoms with Crippen LogP contribution < -0.4 is 4.90 Å². The van der Waals surface area contributed by atoms with Gasteiger partial charge in [0.15, 0.2) is 0 Å². The van der Waals surface area contributed by atoms with Crippen LogP contribution in [-0.2, 0) is 17.3 Å². The van der Waals surface area contributed by atoms with E-state index >= 15 is 0 Å². The second-order valence-electron chi connectivity index (χ2n) is 8.82. The highest BCUT2D eigenvalue weighted by Gasteiger charge is 2.50. The van der Waals surface area contributed by atoms with Gasteiger partial charge in [0.2, 0.25) is 0 Å². The molecule has 3 aliphatic rings. The minimum Gasteiger partial charge on any atom is -0.308 e. The third kappa shape index (κ3) is 1.51. The van der Waals surface area contributed by atoms with E-state index in [2.05, 4.69) is 84.9 Å². The van der Waals surface area contributed by atoms with E-state index in [0.29, 0.717) is 0 Å². The monoisotopic (exact) mass is 421 g/mol. The first kappa shape index (κ1) is 15.5. The van der Waals surface area contributed by atoms with Crippen LogP contribution in [0.5, 0.6) is 0 Å². The first-order chi connectivity index (χ1) is 12.3. The molecule has 0 atom stereocenters. The fourth-order valence-corrected chi connectivity index (χ4v) is 7.83. The first-order valence-electron chi connectivity index (χ1n) is 9.21. The first-order valence-corrected chi connectivity index (χ1v) is 10.8. The molecule has 26 heavy (non-hydrogen) atoms. The number of hydrogen-bond acceptors (Lipinski definition) is 2. The largest absolute Gasteiger partial charge is 0.308 e. The molecular formula is C23H20BrNS. The van der Waals surface area contributed by atoms with E-state index in [1.807, 2.05) is 11.3 Å². The van der Waals surface area contributed by atoms with E-state index in [1.165, 1.54) is 53.5 Å². The van der Waals surface area contributed by atoms with Gasteiger partial charge in [0.25, 0.3) is 0 Å². The topological polar surface area (TPSA) is 3.24 Å². The Labute approximate surface area is 166 Å². The van der Waals surface area contributed by atoms with Gasteiger partial charge in [-0.05, 0) is 38.2 Å². The van der Waals surface area contributed by atoms with Gasteiger partial charge in [0.1, 0.15) is 0 Å². The Bertz CT molecular complexity index is 1120. The average molecular weight is 422 g/mol. The summed E-state index contributed by atoms with van der Waals surface area (Å²) in [7, 11) is 0. The van der Waals surface area contributed by atoms with Crippen molar-refractivity contribution >= 4 is 44.3 Å². The van der Waals surface area contributed by atoms with Crippen molar-refractivity contribution in [2.75, 3.05) is 4.90 Å². The zero-order chi connectivity index (χ0) is 18.0. The highest BCUT2D eigenvalue weighted by atomic mass is 79.9. The summed E-state index contributed by atoms with van der Waals surface area (Å²) in [6.07, 6.45) is 1.03. The average Bonchev–Trinajstić information content (AvgIpc) is 2.96. The van der Waals surface area contributed by atoms with Crippen LogP contribution in [-0.4, -0.2) is 0 Å². The van der Waals surface area contributed by atoms with Gasteiger partial charge in [-0.3, -0.25) is 0 Å². The fourth-order valence-electron chi connectivity index (χ4n) is 5.38. The third-order valence-corrected chi connectivity index (χ3v) is 8.84. The molecule has 1 nitrogen and oxygen atoms in total. The standard InChI is InChI=1S/C23H20BrNS/c1-22(2)14-9-5-7-12-11-13-8-6-10-15-18(13)25(17(12)14)19-16(22)21(24)26-20(19)23(15,3)4/h5-10H,11H2,1-4H3. The van der Waals surface area contributed by atoms with Crippen molar-refractivity contribution < 1.29 is 0 Å². The summed E-state index contributed by atoms with van der Waals surface area (Å²) in [5.74, 6) is 0. The lowest BCUT2D eigenvalue weighted by Crippen LogP contribution is -2.38. The molecule has 130 valence electrons. The van der Waals surface area contributed by atoms with Crippen molar-refractivity contribution in [2.45, 2.75) is 44.9 Å². The van der Waals surface area contributed by atoms with Gasteiger partial charge in [-0.15, -0.1) is 11.3 Å². The van der Waals surface area contributed by atoms with Gasteiger partial charge in [0, 0.05) is 27.7 Å². The summed E-state index contributed by atoms with van der Waals surface area (Å²) in [6.45, 7) is 9.55. The maximum Gasteiger partial charge on any atom is 0.0764 e. The summed E-state index contributed by atoms with van der Waals surface area (Å²) < 4.78 is 1.29. The maximum absolute atomic E-state index is 3.95. The quantitative estimate of drug-likeness (QED) is 0.291. The molecule has 0 bridgehead atoms. The molecule has 1 aromatic heterocycles. The Morgan fingerprint density at radius 1 is 0.846 bits per heavy atom. The molecule has 0 fully saturated rings. The summed E-state index contributed by atoms with van der Waals surface area (Å²) in [5.41, 5.74) is 11.6. The van der Waals surface area contributed by atoms with Gasteiger partial charge in [-0.1, -0.05) is 64.1 Å². The molecule has 0 unspecified atom stereocenters. The summed E-state index contributed by atoms with van der Waals surface area (Å²) in [5, 5.41) is 0. The lowest BCUT2D eigenvalue weighted by atomic mass is 9.67. The molecule has 3 aromatic rings. The second-order valence-corrected chi connectivity index (χ2v) is 11.2. The normalized spacial score (nSPS) is 19.3. The number of halogens is 1. The minimum absolute atomic E-state index is 0.00459. The van der Waals surface area contributed by atoms with E-state index in [1.54, 1.807) is 0 Å². The molecule has 3 heteroatoms. The zero-order valence-corrected chi connectivity index (χ0v) is 17.8. The van der Waals surface area contributed by atoms with Crippen molar-refractivity contribution in [3.05, 3.63) is 72.9 Å². The zero-order valence-electron chi connectivity index (χ0n) is 15.4. The molecule has 3 aliphatic heterocycles. The van der Waals surface area contributed by atoms with Crippen molar-refractivity contribution in [3.8, 4) is 0 Å². The number of anilines is 3. The highest BCUT2D eigenvalue weighted by Crippen LogP contribution is 2.66. The predicted molar refractivity (Wildman–Crippen MR) is 114 cm³/mol. The number of nitrogens with zero attached hydrogens (tertiary/aromatic N) is 1. The van der Waals surface area contributed by atoms with Crippen molar-refractivity contribution in [1.82, 2.24) is 0 Å². The van der Waals surface area contributed by atoms with Crippen molar-refractivity contribution in [3.63, 3.8) is 0 Å². The van der Waals surface area contributed by atoms with Crippen LogP contribution in [0, 0.1) is 0 Å². The molecule has 4 heterocycles. The molecule has 6 rings (SSSR count). The fraction of sp³-hybridized carbons (Fsp3) is 0.304. The van der Waals surface area contributed by atoms with Crippen LogP contribution in [0.2, 0.25) is 0 Å². The number of benzene rings is 2. The summed E-state index contributed by atoms with van der Waals surface area (Å²) >= 11 is 5.88. The third-order valence-electron chi connectivity index (χ3n) is 6.67. The molecule has 0 radical (unpaired) electrons. The Morgan fingerprint density at radius 3 is 2.04 bits per heavy atom. The molecular weight excluding hydrogens is 402 g/mol. The minimum atomic E-state index is 0.00459. The number of thiophene rings is 1. The highest BCUT2D eigenvalue weighted by molar-refractivity contribution is 9.11. The predicted octanol–water partition coefficient (Wildman–Crippen LogP) is 7.16. The Morgan fingerprint density at radius 2 is 1.42 bits per heavy atom. The summed E-state index contributed by atoms with van der Waals surface area (Å²) in [6, 6.07) is 13.8. The number of para-hydroxylation sites is 2. The SMILES string of the molecule is CC1(C)c2cccc3c2N2c4c(cccc4C(C)(C)c4c(Br)sc1c42)C3. The van der Waals surface area contributed by atoms with Crippen LogP contribution >= 0.6 is 27.3 Å². The van der Waals surface area contributed by atoms with E-state index in [4.69, 9.17) is 0 Å². The summed E-state index contributed by atoms with van der Waals surface area (Å²) in [4.78, 5) is 4.08. The van der Waals surface area contributed by atoms with E-state index < -0.39 is 0 Å². The molecule has 0 amide bonds. The number of hydrogen-bond donors (Lipinski definition) is 0. The van der Waals surface area contributed by atoms with Crippen molar-refractivity contribution in [1.29, 1.82) is 0 Å². The molecule has 0 N–H and O–H groups in total. The maximum atomic E-state index is 3.95. The van der Waals surface area contributed by atoms with Gasteiger partial charge >= 0.3 is 0 Å². The lowest BCUT2D eigenvalue weighted by molar-refractivity contribution is 0.605. The molecule has 0 aliphatic carbocycles. The second kappa shape index (κ2) is 4.45. The van der Waals surface area contributed by atoms with Crippen LogP contribution in [0.1, 0.15) is 60.4 Å². The van der Waals surface area contributed by atoms with Crippen molar-refractivity contribution in [2.24, 2.45) is 0 Å². The molecule has 0 saturated heterocycles. The van der Waals surface area contributed by atoms with Gasteiger partial charge in [-0.25, -0.2) is 0 Å². The van der Waals surface area contributed by atoms with E-state index in [9.17, 15) is 0 Å². The van der Waals surface area contributed by atoms with Gasteiger partial charge in [-0.2, -0.15) is 0 Å². The Balaban J connectivity index is 1.87. The smallest absolute Gasteiger partial charge is 0.0764 e. The van der Waals surface area contributed by atoms with Gasteiger partial charge in [0.05, 0.1) is 20.8 Å².